The van der Waals surface area contributed by atoms with Gasteiger partial charge in [-0.2, -0.15) is 0 Å². The number of aliphatic hydroxyl groups is 1. The van der Waals surface area contributed by atoms with E-state index in [2.05, 4.69) is 5.32 Å². The zero-order valence-electron chi connectivity index (χ0n) is 12.1. The van der Waals surface area contributed by atoms with E-state index in [0.29, 0.717) is 5.56 Å². The molecule has 2 rings (SSSR count). The highest BCUT2D eigenvalue weighted by molar-refractivity contribution is 5.97. The van der Waals surface area contributed by atoms with Crippen LogP contribution in [0, 0.1) is 13.8 Å². The van der Waals surface area contributed by atoms with Gasteiger partial charge in [0.05, 0.1) is 18.2 Å². The van der Waals surface area contributed by atoms with Crippen molar-refractivity contribution in [2.24, 2.45) is 0 Å². The standard InChI is InChI=1S/C17H19NO3/c1-11-8-9-14(16(20)12(11)2)17(21)18-15(10-19)13-6-4-3-5-7-13/h3-9,15,19-20H,10H2,1-2H3,(H,18,21)/t15-/m1/s1. The van der Waals surface area contributed by atoms with Gasteiger partial charge in [0.15, 0.2) is 0 Å². The molecule has 4 nitrogen and oxygen atoms in total. The molecule has 0 saturated heterocycles. The van der Waals surface area contributed by atoms with E-state index in [1.165, 1.54) is 0 Å². The molecule has 0 radical (unpaired) electrons. The zero-order valence-corrected chi connectivity index (χ0v) is 12.1. The molecule has 110 valence electrons. The average Bonchev–Trinajstić information content (AvgIpc) is 2.51. The molecule has 21 heavy (non-hydrogen) atoms. The van der Waals surface area contributed by atoms with E-state index < -0.39 is 11.9 Å². The van der Waals surface area contributed by atoms with E-state index >= 15 is 0 Å². The van der Waals surface area contributed by atoms with Crippen molar-refractivity contribution in [3.8, 4) is 5.75 Å². The maximum absolute atomic E-state index is 12.3. The number of phenolic OH excluding ortho intramolecular Hbond substituents is 1. The lowest BCUT2D eigenvalue weighted by Crippen LogP contribution is -2.30. The van der Waals surface area contributed by atoms with Gasteiger partial charge in [-0.05, 0) is 36.6 Å². The zero-order chi connectivity index (χ0) is 15.4. The summed E-state index contributed by atoms with van der Waals surface area (Å²) in [6, 6.07) is 12.1. The van der Waals surface area contributed by atoms with Crippen LogP contribution in [0.2, 0.25) is 0 Å². The smallest absolute Gasteiger partial charge is 0.255 e. The monoisotopic (exact) mass is 285 g/mol. The molecule has 1 amide bonds. The molecule has 0 fully saturated rings. The number of carbonyl (C=O) groups is 1. The lowest BCUT2D eigenvalue weighted by molar-refractivity contribution is 0.0913. The van der Waals surface area contributed by atoms with Crippen molar-refractivity contribution in [1.82, 2.24) is 5.32 Å². The normalized spacial score (nSPS) is 12.0. The van der Waals surface area contributed by atoms with Crippen LogP contribution in [0.3, 0.4) is 0 Å². The van der Waals surface area contributed by atoms with Crippen LogP contribution in [0.25, 0.3) is 0 Å². The molecule has 0 aliphatic carbocycles. The van der Waals surface area contributed by atoms with Crippen molar-refractivity contribution in [2.45, 2.75) is 19.9 Å². The van der Waals surface area contributed by atoms with Crippen molar-refractivity contribution in [3.05, 3.63) is 64.7 Å². The Morgan fingerprint density at radius 1 is 1.14 bits per heavy atom. The number of hydrogen-bond acceptors (Lipinski definition) is 3. The van der Waals surface area contributed by atoms with Crippen molar-refractivity contribution in [1.29, 1.82) is 0 Å². The van der Waals surface area contributed by atoms with Crippen molar-refractivity contribution >= 4 is 5.91 Å². The van der Waals surface area contributed by atoms with Crippen LogP contribution in [-0.2, 0) is 0 Å². The fourth-order valence-electron chi connectivity index (χ4n) is 2.14. The maximum Gasteiger partial charge on any atom is 0.255 e. The molecular formula is C17H19NO3. The molecule has 1 atom stereocenters. The van der Waals surface area contributed by atoms with E-state index in [0.717, 1.165) is 11.1 Å². The molecule has 2 aromatic carbocycles. The number of aromatic hydroxyl groups is 1. The summed E-state index contributed by atoms with van der Waals surface area (Å²) in [6.07, 6.45) is 0. The first kappa shape index (κ1) is 15.1. The van der Waals surface area contributed by atoms with E-state index in [9.17, 15) is 15.0 Å². The van der Waals surface area contributed by atoms with Crippen LogP contribution in [-0.4, -0.2) is 22.7 Å². The number of amides is 1. The van der Waals surface area contributed by atoms with Gasteiger partial charge in [0.25, 0.3) is 5.91 Å². The topological polar surface area (TPSA) is 69.6 Å². The summed E-state index contributed by atoms with van der Waals surface area (Å²) in [5.41, 5.74) is 2.64. The molecule has 0 aliphatic heterocycles. The third-order valence-electron chi connectivity index (χ3n) is 3.64. The van der Waals surface area contributed by atoms with Gasteiger partial charge < -0.3 is 15.5 Å². The van der Waals surface area contributed by atoms with Crippen molar-refractivity contribution < 1.29 is 15.0 Å². The average molecular weight is 285 g/mol. The number of phenols is 1. The largest absolute Gasteiger partial charge is 0.507 e. The minimum Gasteiger partial charge on any atom is -0.507 e. The highest BCUT2D eigenvalue weighted by Crippen LogP contribution is 2.25. The van der Waals surface area contributed by atoms with E-state index in [1.807, 2.05) is 37.3 Å². The Balaban J connectivity index is 2.23. The minimum atomic E-state index is -0.500. The minimum absolute atomic E-state index is 0.0164. The number of nitrogens with one attached hydrogen (secondary N) is 1. The molecular weight excluding hydrogens is 266 g/mol. The number of rotatable bonds is 4. The van der Waals surface area contributed by atoms with Crippen LogP contribution in [0.5, 0.6) is 5.75 Å². The summed E-state index contributed by atoms with van der Waals surface area (Å²) in [5.74, 6) is -0.421. The summed E-state index contributed by atoms with van der Waals surface area (Å²) < 4.78 is 0. The van der Waals surface area contributed by atoms with Gasteiger partial charge in [-0.25, -0.2) is 0 Å². The first-order valence-corrected chi connectivity index (χ1v) is 6.80. The van der Waals surface area contributed by atoms with Gasteiger partial charge in [-0.3, -0.25) is 4.79 Å². The fraction of sp³-hybridized carbons (Fsp3) is 0.235. The molecule has 0 unspecified atom stereocenters. The Bertz CT molecular complexity index is 638. The molecule has 0 spiro atoms. The van der Waals surface area contributed by atoms with E-state index in [1.54, 1.807) is 19.1 Å². The van der Waals surface area contributed by atoms with Gasteiger partial charge in [0.2, 0.25) is 0 Å². The van der Waals surface area contributed by atoms with Gasteiger partial charge in [0.1, 0.15) is 5.75 Å². The second-order valence-corrected chi connectivity index (χ2v) is 5.02. The summed E-state index contributed by atoms with van der Waals surface area (Å²) in [6.45, 7) is 3.43. The van der Waals surface area contributed by atoms with Crippen LogP contribution in [0.1, 0.15) is 33.1 Å². The Kier molecular flexibility index (Phi) is 4.60. The first-order valence-electron chi connectivity index (χ1n) is 6.80. The van der Waals surface area contributed by atoms with Gasteiger partial charge in [0, 0.05) is 0 Å². The lowest BCUT2D eigenvalue weighted by atomic mass is 10.0. The van der Waals surface area contributed by atoms with Crippen LogP contribution < -0.4 is 5.32 Å². The molecule has 2 aromatic rings. The van der Waals surface area contributed by atoms with E-state index in [-0.39, 0.29) is 17.9 Å². The van der Waals surface area contributed by atoms with Crippen LogP contribution in [0.4, 0.5) is 0 Å². The highest BCUT2D eigenvalue weighted by Gasteiger charge is 2.18. The maximum atomic E-state index is 12.3. The summed E-state index contributed by atoms with van der Waals surface area (Å²) in [5, 5.41) is 22.3. The summed E-state index contributed by atoms with van der Waals surface area (Å²) in [7, 11) is 0. The molecule has 0 aliphatic rings. The molecule has 0 aromatic heterocycles. The summed E-state index contributed by atoms with van der Waals surface area (Å²) >= 11 is 0. The second kappa shape index (κ2) is 6.41. The van der Waals surface area contributed by atoms with Crippen molar-refractivity contribution in [3.63, 3.8) is 0 Å². The Morgan fingerprint density at radius 2 is 1.81 bits per heavy atom. The van der Waals surface area contributed by atoms with Gasteiger partial charge in [-0.1, -0.05) is 36.4 Å². The van der Waals surface area contributed by atoms with Crippen LogP contribution >= 0.6 is 0 Å². The van der Waals surface area contributed by atoms with Crippen molar-refractivity contribution in [2.75, 3.05) is 6.61 Å². The highest BCUT2D eigenvalue weighted by atomic mass is 16.3. The number of aryl methyl sites for hydroxylation is 1. The molecule has 0 bridgehead atoms. The first-order chi connectivity index (χ1) is 10.0. The predicted molar refractivity (Wildman–Crippen MR) is 81.3 cm³/mol. The fourth-order valence-corrected chi connectivity index (χ4v) is 2.14. The lowest BCUT2D eigenvalue weighted by Gasteiger charge is -2.18. The van der Waals surface area contributed by atoms with Gasteiger partial charge >= 0.3 is 0 Å². The Morgan fingerprint density at radius 3 is 2.43 bits per heavy atom. The predicted octanol–water partition coefficient (Wildman–Crippen LogP) is 2.47. The van der Waals surface area contributed by atoms with E-state index in [4.69, 9.17) is 0 Å². The molecule has 3 N–H and O–H groups in total. The molecule has 0 heterocycles. The Hall–Kier alpha value is -2.33. The van der Waals surface area contributed by atoms with Crippen LogP contribution in [0.15, 0.2) is 42.5 Å². The summed E-state index contributed by atoms with van der Waals surface area (Å²) in [4.78, 5) is 12.3. The number of carbonyl (C=O) groups excluding carboxylic acids is 1. The second-order valence-electron chi connectivity index (χ2n) is 5.02. The third kappa shape index (κ3) is 3.23. The number of hydrogen-bond donors (Lipinski definition) is 3. The molecule has 4 heteroatoms. The number of aliphatic hydroxyl groups excluding tert-OH is 1. The number of benzene rings is 2. The molecule has 0 saturated carbocycles. The quantitative estimate of drug-likeness (QED) is 0.808. The SMILES string of the molecule is Cc1ccc(C(=O)N[C@H](CO)c2ccccc2)c(O)c1C. The third-order valence-corrected chi connectivity index (χ3v) is 3.64. The van der Waals surface area contributed by atoms with Gasteiger partial charge in [-0.15, -0.1) is 0 Å². The Labute approximate surface area is 124 Å².